The summed E-state index contributed by atoms with van der Waals surface area (Å²) in [5, 5.41) is 3.35. The highest BCUT2D eigenvalue weighted by Gasteiger charge is 2.14. The van der Waals surface area contributed by atoms with Gasteiger partial charge in [0.25, 0.3) is 0 Å². The summed E-state index contributed by atoms with van der Waals surface area (Å²) in [6.45, 7) is 2.28. The molecule has 2 aromatic carbocycles. The van der Waals surface area contributed by atoms with E-state index < -0.39 is 0 Å². The third kappa shape index (κ3) is 2.28. The zero-order chi connectivity index (χ0) is 14.1. The van der Waals surface area contributed by atoms with Gasteiger partial charge in [0.15, 0.2) is 11.5 Å². The van der Waals surface area contributed by atoms with Crippen LogP contribution in [0.25, 0.3) is 0 Å². The number of benzene rings is 2. The van der Waals surface area contributed by atoms with Crippen molar-refractivity contribution in [1.29, 1.82) is 0 Å². The Balaban J connectivity index is 1.97. The summed E-state index contributed by atoms with van der Waals surface area (Å²) in [6.07, 6.45) is 0. The second-order valence-electron chi connectivity index (χ2n) is 4.55. The lowest BCUT2D eigenvalue weighted by Gasteiger charge is -2.14. The van der Waals surface area contributed by atoms with Crippen LogP contribution in [-0.4, -0.2) is 11.8 Å². The molecule has 1 aliphatic rings. The lowest BCUT2D eigenvalue weighted by atomic mass is 10.1. The number of hydrogen-bond acceptors (Lipinski definition) is 4. The highest BCUT2D eigenvalue weighted by Crippen LogP contribution is 2.36. The van der Waals surface area contributed by atoms with E-state index in [2.05, 4.69) is 5.32 Å². The number of fused-ring (bicyclic) bond motifs is 1. The van der Waals surface area contributed by atoms with Crippen LogP contribution in [0.1, 0.15) is 11.1 Å². The van der Waals surface area contributed by atoms with Crippen molar-refractivity contribution in [1.82, 2.24) is 0 Å². The molecule has 20 heavy (non-hydrogen) atoms. The fraction of sp³-hybridized carbons (Fsp3) is 0.133. The molecule has 1 heterocycles. The van der Waals surface area contributed by atoms with Crippen molar-refractivity contribution in [2.24, 2.45) is 5.73 Å². The highest BCUT2D eigenvalue weighted by atomic mass is 32.1. The number of ether oxygens (including phenoxy) is 2. The first kappa shape index (κ1) is 12.7. The Morgan fingerprint density at radius 3 is 2.80 bits per heavy atom. The van der Waals surface area contributed by atoms with Crippen molar-refractivity contribution in [2.45, 2.75) is 6.92 Å². The summed E-state index contributed by atoms with van der Waals surface area (Å²) < 4.78 is 10.7. The minimum atomic E-state index is 0.265. The first-order valence-electron chi connectivity index (χ1n) is 6.21. The number of thiocarbonyl (C=S) groups is 1. The predicted octanol–water partition coefficient (Wildman–Crippen LogP) is 3.10. The van der Waals surface area contributed by atoms with E-state index >= 15 is 0 Å². The molecular weight excluding hydrogens is 272 g/mol. The minimum Gasteiger partial charge on any atom is -0.454 e. The van der Waals surface area contributed by atoms with E-state index in [1.807, 2.05) is 43.3 Å². The Morgan fingerprint density at radius 2 is 2.00 bits per heavy atom. The van der Waals surface area contributed by atoms with Gasteiger partial charge in [-0.15, -0.1) is 0 Å². The van der Waals surface area contributed by atoms with Gasteiger partial charge in [0, 0.05) is 17.3 Å². The number of aryl methyl sites for hydroxylation is 1. The molecule has 5 heteroatoms. The molecule has 0 fully saturated rings. The molecule has 0 atom stereocenters. The maximum Gasteiger partial charge on any atom is 0.231 e. The molecule has 2 aromatic rings. The van der Waals surface area contributed by atoms with Crippen LogP contribution in [0.5, 0.6) is 11.5 Å². The number of rotatable bonds is 3. The van der Waals surface area contributed by atoms with Crippen molar-refractivity contribution in [3.05, 3.63) is 47.5 Å². The van der Waals surface area contributed by atoms with Crippen molar-refractivity contribution >= 4 is 28.6 Å². The zero-order valence-corrected chi connectivity index (χ0v) is 11.8. The normalized spacial score (nSPS) is 12.2. The van der Waals surface area contributed by atoms with E-state index in [0.29, 0.717) is 4.99 Å². The van der Waals surface area contributed by atoms with E-state index in [1.165, 1.54) is 0 Å². The summed E-state index contributed by atoms with van der Waals surface area (Å²) in [4.78, 5) is 0.372. The predicted molar refractivity (Wildman–Crippen MR) is 82.9 cm³/mol. The third-order valence-electron chi connectivity index (χ3n) is 3.18. The van der Waals surface area contributed by atoms with Gasteiger partial charge in [-0.25, -0.2) is 0 Å². The van der Waals surface area contributed by atoms with Crippen LogP contribution in [0, 0.1) is 6.92 Å². The second kappa shape index (κ2) is 5.02. The highest BCUT2D eigenvalue weighted by molar-refractivity contribution is 7.80. The molecule has 0 spiro atoms. The van der Waals surface area contributed by atoms with Crippen LogP contribution in [0.4, 0.5) is 11.4 Å². The van der Waals surface area contributed by atoms with Crippen molar-refractivity contribution in [2.75, 3.05) is 12.1 Å². The fourth-order valence-corrected chi connectivity index (χ4v) is 2.33. The van der Waals surface area contributed by atoms with E-state index in [4.69, 9.17) is 27.4 Å². The van der Waals surface area contributed by atoms with Gasteiger partial charge in [-0.2, -0.15) is 0 Å². The van der Waals surface area contributed by atoms with Crippen LogP contribution < -0.4 is 20.5 Å². The summed E-state index contributed by atoms with van der Waals surface area (Å²) in [7, 11) is 0. The Hall–Kier alpha value is -2.27. The molecule has 0 saturated heterocycles. The van der Waals surface area contributed by atoms with E-state index in [1.54, 1.807) is 0 Å². The van der Waals surface area contributed by atoms with Gasteiger partial charge in [-0.3, -0.25) is 0 Å². The SMILES string of the molecule is Cc1cccc(C(N)=S)c1Nc1ccc2c(c1)OCO2. The molecule has 0 bridgehead atoms. The molecule has 0 aromatic heterocycles. The number of anilines is 2. The van der Waals surface area contributed by atoms with Gasteiger partial charge in [0.1, 0.15) is 4.99 Å². The number of para-hydroxylation sites is 1. The maximum absolute atomic E-state index is 5.77. The van der Waals surface area contributed by atoms with Gasteiger partial charge in [-0.1, -0.05) is 24.4 Å². The third-order valence-corrected chi connectivity index (χ3v) is 3.40. The molecule has 1 aliphatic heterocycles. The Kier molecular flexibility index (Phi) is 3.20. The lowest BCUT2D eigenvalue weighted by Crippen LogP contribution is -2.12. The average Bonchev–Trinajstić information content (AvgIpc) is 2.88. The van der Waals surface area contributed by atoms with Crippen molar-refractivity contribution in [3.8, 4) is 11.5 Å². The lowest BCUT2D eigenvalue weighted by molar-refractivity contribution is 0.174. The Labute approximate surface area is 122 Å². The van der Waals surface area contributed by atoms with Gasteiger partial charge in [0.05, 0.1) is 5.69 Å². The van der Waals surface area contributed by atoms with Crippen molar-refractivity contribution in [3.63, 3.8) is 0 Å². The van der Waals surface area contributed by atoms with Crippen molar-refractivity contribution < 1.29 is 9.47 Å². The first-order valence-corrected chi connectivity index (χ1v) is 6.62. The number of nitrogens with two attached hydrogens (primary N) is 1. The van der Waals surface area contributed by atoms with Crippen LogP contribution in [0.3, 0.4) is 0 Å². The maximum atomic E-state index is 5.77. The molecule has 0 radical (unpaired) electrons. The van der Waals surface area contributed by atoms with Crippen LogP contribution in [-0.2, 0) is 0 Å². The smallest absolute Gasteiger partial charge is 0.231 e. The second-order valence-corrected chi connectivity index (χ2v) is 4.99. The zero-order valence-electron chi connectivity index (χ0n) is 11.0. The number of hydrogen-bond donors (Lipinski definition) is 2. The van der Waals surface area contributed by atoms with Crippen LogP contribution in [0.15, 0.2) is 36.4 Å². The Morgan fingerprint density at radius 1 is 1.20 bits per heavy atom. The minimum absolute atomic E-state index is 0.265. The van der Waals surface area contributed by atoms with E-state index in [-0.39, 0.29) is 6.79 Å². The first-order chi connectivity index (χ1) is 9.65. The topological polar surface area (TPSA) is 56.5 Å². The van der Waals surface area contributed by atoms with Crippen LogP contribution >= 0.6 is 12.2 Å². The molecule has 0 aliphatic carbocycles. The molecule has 3 rings (SSSR count). The molecule has 0 unspecified atom stereocenters. The molecule has 3 N–H and O–H groups in total. The van der Waals surface area contributed by atoms with Gasteiger partial charge < -0.3 is 20.5 Å². The summed E-state index contributed by atoms with van der Waals surface area (Å²) in [5.41, 5.74) is 9.50. The summed E-state index contributed by atoms with van der Waals surface area (Å²) >= 11 is 5.10. The molecule has 4 nitrogen and oxygen atoms in total. The average molecular weight is 286 g/mol. The van der Waals surface area contributed by atoms with Gasteiger partial charge in [-0.05, 0) is 30.7 Å². The largest absolute Gasteiger partial charge is 0.454 e. The van der Waals surface area contributed by atoms with Gasteiger partial charge in [0.2, 0.25) is 6.79 Å². The fourth-order valence-electron chi connectivity index (χ4n) is 2.16. The molecule has 0 amide bonds. The van der Waals surface area contributed by atoms with E-state index in [9.17, 15) is 0 Å². The quantitative estimate of drug-likeness (QED) is 0.849. The summed E-state index contributed by atoms with van der Waals surface area (Å²) in [5.74, 6) is 1.50. The molecule has 102 valence electrons. The molecular formula is C15H14N2O2S. The number of nitrogens with one attached hydrogen (secondary N) is 1. The summed E-state index contributed by atoms with van der Waals surface area (Å²) in [6, 6.07) is 11.6. The molecule has 0 saturated carbocycles. The standard InChI is InChI=1S/C15H14N2O2S/c1-9-3-2-4-11(15(16)20)14(9)17-10-5-6-12-13(7-10)19-8-18-12/h2-7,17H,8H2,1H3,(H2,16,20). The van der Waals surface area contributed by atoms with Gasteiger partial charge >= 0.3 is 0 Å². The van der Waals surface area contributed by atoms with Crippen LogP contribution in [0.2, 0.25) is 0 Å². The Bertz CT molecular complexity index is 686. The van der Waals surface area contributed by atoms with E-state index in [0.717, 1.165) is 34.0 Å². The monoisotopic (exact) mass is 286 g/mol.